The van der Waals surface area contributed by atoms with Gasteiger partial charge in [-0.2, -0.15) is 0 Å². The van der Waals surface area contributed by atoms with Gasteiger partial charge in [-0.25, -0.2) is 4.98 Å². The number of piperazine rings is 1. The fourth-order valence-electron chi connectivity index (χ4n) is 3.91. The lowest BCUT2D eigenvalue weighted by Gasteiger charge is -2.35. The molecule has 0 spiro atoms. The second-order valence-corrected chi connectivity index (χ2v) is 8.61. The van der Waals surface area contributed by atoms with Crippen molar-refractivity contribution in [1.29, 1.82) is 0 Å². The highest BCUT2D eigenvalue weighted by atomic mass is 32.1. The number of carbonyl (C=O) groups is 1. The zero-order valence-electron chi connectivity index (χ0n) is 19.7. The molecule has 1 saturated heterocycles. The maximum atomic E-state index is 13.1. The van der Waals surface area contributed by atoms with Gasteiger partial charge in [-0.3, -0.25) is 9.69 Å². The summed E-state index contributed by atoms with van der Waals surface area (Å²) >= 11 is 1.52. The number of nitrogens with zero attached hydrogens (tertiary/aromatic N) is 3. The molecule has 0 atom stereocenters. The van der Waals surface area contributed by atoms with Crippen LogP contribution in [0.25, 0.3) is 0 Å². The van der Waals surface area contributed by atoms with Gasteiger partial charge in [0.1, 0.15) is 6.61 Å². The molecule has 0 saturated carbocycles. The third kappa shape index (κ3) is 5.60. The summed E-state index contributed by atoms with van der Waals surface area (Å²) in [5.74, 6) is 2.56. The largest absolute Gasteiger partial charge is 0.493 e. The van der Waals surface area contributed by atoms with Crippen LogP contribution in [0.5, 0.6) is 23.0 Å². The van der Waals surface area contributed by atoms with Gasteiger partial charge in [0.2, 0.25) is 0 Å². The molecule has 1 aliphatic heterocycles. The lowest BCUT2D eigenvalue weighted by molar-refractivity contribution is 0.0628. The van der Waals surface area contributed by atoms with Gasteiger partial charge in [-0.1, -0.05) is 6.07 Å². The first-order valence-corrected chi connectivity index (χ1v) is 12.0. The van der Waals surface area contributed by atoms with Crippen molar-refractivity contribution in [2.75, 3.05) is 47.5 Å². The van der Waals surface area contributed by atoms with Gasteiger partial charge in [0.15, 0.2) is 23.0 Å². The van der Waals surface area contributed by atoms with Crippen molar-refractivity contribution in [3.05, 3.63) is 64.1 Å². The number of thiazole rings is 1. The molecule has 0 bridgehead atoms. The van der Waals surface area contributed by atoms with Gasteiger partial charge in [0.05, 0.1) is 32.5 Å². The third-order valence-electron chi connectivity index (χ3n) is 5.78. The summed E-state index contributed by atoms with van der Waals surface area (Å²) in [6.07, 6.45) is 0. The molecule has 4 rings (SSSR count). The van der Waals surface area contributed by atoms with Crippen molar-refractivity contribution in [2.45, 2.75) is 13.2 Å². The van der Waals surface area contributed by atoms with Gasteiger partial charge in [0, 0.05) is 43.7 Å². The van der Waals surface area contributed by atoms with E-state index < -0.39 is 0 Å². The monoisotopic (exact) mass is 483 g/mol. The molecule has 0 aliphatic carbocycles. The Morgan fingerprint density at radius 3 is 2.29 bits per heavy atom. The van der Waals surface area contributed by atoms with Crippen LogP contribution in [0.1, 0.15) is 21.6 Å². The standard InChI is InChI=1S/C25H29N3O5S/c1-30-21-6-4-18(12-23(21)31-2)14-27-8-10-28(11-9-27)25(29)19-5-7-22(24(13-19)32-3)33-15-20-16-34-17-26-20/h4-7,12-13,16-17H,8-11,14-15H2,1-3H3. The fraction of sp³-hybridized carbons (Fsp3) is 0.360. The van der Waals surface area contributed by atoms with Gasteiger partial charge in [-0.15, -0.1) is 11.3 Å². The van der Waals surface area contributed by atoms with Crippen LogP contribution in [0.3, 0.4) is 0 Å². The minimum absolute atomic E-state index is 0.00452. The summed E-state index contributed by atoms with van der Waals surface area (Å²) in [5.41, 5.74) is 4.37. The van der Waals surface area contributed by atoms with Gasteiger partial charge < -0.3 is 23.8 Å². The number of amides is 1. The van der Waals surface area contributed by atoms with Crippen LogP contribution < -0.4 is 18.9 Å². The lowest BCUT2D eigenvalue weighted by atomic mass is 10.1. The minimum atomic E-state index is -0.00452. The molecular weight excluding hydrogens is 454 g/mol. The topological polar surface area (TPSA) is 73.4 Å². The summed E-state index contributed by atoms with van der Waals surface area (Å²) in [6.45, 7) is 4.07. The minimum Gasteiger partial charge on any atom is -0.493 e. The molecule has 0 N–H and O–H groups in total. The van der Waals surface area contributed by atoms with Gasteiger partial charge in [-0.05, 0) is 35.9 Å². The SMILES string of the molecule is COc1ccc(CN2CCN(C(=O)c3ccc(OCc4cscn4)c(OC)c3)CC2)cc1OC. The van der Waals surface area contributed by atoms with Crippen molar-refractivity contribution >= 4 is 17.2 Å². The molecule has 1 amide bonds. The van der Waals surface area contributed by atoms with E-state index in [4.69, 9.17) is 18.9 Å². The first-order chi connectivity index (χ1) is 16.6. The molecule has 3 aromatic rings. The Balaban J connectivity index is 1.33. The van der Waals surface area contributed by atoms with Crippen LogP contribution in [-0.2, 0) is 13.2 Å². The molecule has 34 heavy (non-hydrogen) atoms. The van der Waals surface area contributed by atoms with E-state index in [1.54, 1.807) is 45.0 Å². The van der Waals surface area contributed by atoms with Crippen LogP contribution in [0, 0.1) is 0 Å². The molecule has 2 heterocycles. The second-order valence-electron chi connectivity index (χ2n) is 7.89. The normalized spacial score (nSPS) is 14.0. The summed E-state index contributed by atoms with van der Waals surface area (Å²) in [7, 11) is 4.85. The Morgan fingerprint density at radius 1 is 0.912 bits per heavy atom. The zero-order chi connectivity index (χ0) is 23.9. The van der Waals surface area contributed by atoms with Crippen molar-refractivity contribution in [2.24, 2.45) is 0 Å². The highest BCUT2D eigenvalue weighted by Gasteiger charge is 2.23. The predicted octanol–water partition coefficient (Wildman–Crippen LogP) is 3.71. The number of hydrogen-bond acceptors (Lipinski definition) is 8. The number of hydrogen-bond donors (Lipinski definition) is 0. The molecule has 9 heteroatoms. The Kier molecular flexibility index (Phi) is 7.87. The molecule has 1 aliphatic rings. The maximum Gasteiger partial charge on any atom is 0.254 e. The highest BCUT2D eigenvalue weighted by Crippen LogP contribution is 2.30. The molecule has 8 nitrogen and oxygen atoms in total. The summed E-state index contributed by atoms with van der Waals surface area (Å²) < 4.78 is 22.0. The van der Waals surface area contributed by atoms with Crippen LogP contribution in [0.4, 0.5) is 0 Å². The summed E-state index contributed by atoms with van der Waals surface area (Å²) in [4.78, 5) is 21.6. The maximum absolute atomic E-state index is 13.1. The summed E-state index contributed by atoms with van der Waals surface area (Å²) in [6, 6.07) is 11.3. The predicted molar refractivity (Wildman–Crippen MR) is 130 cm³/mol. The lowest BCUT2D eigenvalue weighted by Crippen LogP contribution is -2.48. The third-order valence-corrected chi connectivity index (χ3v) is 6.42. The number of rotatable bonds is 9. The van der Waals surface area contributed by atoms with E-state index in [9.17, 15) is 4.79 Å². The second kappa shape index (κ2) is 11.2. The van der Waals surface area contributed by atoms with E-state index in [1.165, 1.54) is 11.3 Å². The molecule has 2 aromatic carbocycles. The number of aromatic nitrogens is 1. The average Bonchev–Trinajstić information content (AvgIpc) is 3.41. The smallest absolute Gasteiger partial charge is 0.254 e. The Bertz CT molecular complexity index is 1100. The van der Waals surface area contributed by atoms with E-state index in [0.717, 1.165) is 42.4 Å². The number of benzene rings is 2. The first-order valence-electron chi connectivity index (χ1n) is 11.0. The van der Waals surface area contributed by atoms with Crippen molar-refractivity contribution in [3.8, 4) is 23.0 Å². The van der Waals surface area contributed by atoms with Crippen LogP contribution in [-0.4, -0.2) is 68.2 Å². The quantitative estimate of drug-likeness (QED) is 0.459. The van der Waals surface area contributed by atoms with Crippen molar-refractivity contribution in [1.82, 2.24) is 14.8 Å². The van der Waals surface area contributed by atoms with E-state index in [1.807, 2.05) is 28.5 Å². The highest BCUT2D eigenvalue weighted by molar-refractivity contribution is 7.07. The number of carbonyl (C=O) groups excluding carboxylic acids is 1. The Labute approximate surface area is 203 Å². The Hall–Kier alpha value is -3.30. The molecule has 1 fully saturated rings. The summed E-state index contributed by atoms with van der Waals surface area (Å²) in [5, 5.41) is 1.94. The Morgan fingerprint density at radius 2 is 1.62 bits per heavy atom. The van der Waals surface area contributed by atoms with Crippen LogP contribution >= 0.6 is 11.3 Å². The van der Waals surface area contributed by atoms with Gasteiger partial charge in [0.25, 0.3) is 5.91 Å². The molecule has 0 unspecified atom stereocenters. The van der Waals surface area contributed by atoms with E-state index in [2.05, 4.69) is 9.88 Å². The van der Waals surface area contributed by atoms with Crippen LogP contribution in [0.2, 0.25) is 0 Å². The molecule has 180 valence electrons. The first kappa shape index (κ1) is 23.8. The molecule has 1 aromatic heterocycles. The fourth-order valence-corrected chi connectivity index (χ4v) is 4.45. The van der Waals surface area contributed by atoms with E-state index in [0.29, 0.717) is 36.8 Å². The average molecular weight is 484 g/mol. The van der Waals surface area contributed by atoms with E-state index in [-0.39, 0.29) is 5.91 Å². The van der Waals surface area contributed by atoms with Crippen molar-refractivity contribution < 1.29 is 23.7 Å². The van der Waals surface area contributed by atoms with Crippen molar-refractivity contribution in [3.63, 3.8) is 0 Å². The van der Waals surface area contributed by atoms with E-state index >= 15 is 0 Å². The number of methoxy groups -OCH3 is 3. The zero-order valence-corrected chi connectivity index (χ0v) is 20.5. The molecule has 0 radical (unpaired) electrons. The molecular formula is C25H29N3O5S. The van der Waals surface area contributed by atoms with Gasteiger partial charge >= 0.3 is 0 Å². The number of ether oxygens (including phenoxy) is 4. The van der Waals surface area contributed by atoms with Crippen LogP contribution in [0.15, 0.2) is 47.3 Å².